The van der Waals surface area contributed by atoms with Gasteiger partial charge in [-0.3, -0.25) is 9.69 Å². The van der Waals surface area contributed by atoms with Gasteiger partial charge >= 0.3 is 5.97 Å². The molecule has 1 fully saturated rings. The molecule has 31 heavy (non-hydrogen) atoms. The number of carbonyl (C=O) groups is 2. The van der Waals surface area contributed by atoms with Crippen molar-refractivity contribution in [3.05, 3.63) is 64.6 Å². The first kappa shape index (κ1) is 23.0. The van der Waals surface area contributed by atoms with E-state index in [4.69, 9.17) is 21.7 Å². The van der Waals surface area contributed by atoms with Gasteiger partial charge in [-0.05, 0) is 54.5 Å². The van der Waals surface area contributed by atoms with Crippen molar-refractivity contribution < 1.29 is 19.1 Å². The SMILES string of the molecule is CCCCCCN1C(=O)/C(=C\c2ccc(OC(=O)c3ccc(OC)cc3)cc2)SC1=S. The number of thiocarbonyl (C=S) groups is 1. The lowest BCUT2D eigenvalue weighted by atomic mass is 10.2. The highest BCUT2D eigenvalue weighted by Gasteiger charge is 2.31. The number of amides is 1. The van der Waals surface area contributed by atoms with E-state index in [1.165, 1.54) is 18.2 Å². The fourth-order valence-electron chi connectivity index (χ4n) is 3.07. The van der Waals surface area contributed by atoms with E-state index < -0.39 is 5.97 Å². The monoisotopic (exact) mass is 455 g/mol. The molecule has 0 unspecified atom stereocenters. The van der Waals surface area contributed by atoms with Gasteiger partial charge in [0.15, 0.2) is 0 Å². The summed E-state index contributed by atoms with van der Waals surface area (Å²) in [7, 11) is 1.57. The zero-order valence-electron chi connectivity index (χ0n) is 17.6. The van der Waals surface area contributed by atoms with E-state index in [1.807, 2.05) is 18.2 Å². The Bertz CT molecular complexity index is 968. The molecule has 0 radical (unpaired) electrons. The van der Waals surface area contributed by atoms with Crippen LogP contribution < -0.4 is 9.47 Å². The normalized spacial score (nSPS) is 14.9. The Morgan fingerprint density at radius 2 is 1.71 bits per heavy atom. The average molecular weight is 456 g/mol. The van der Waals surface area contributed by atoms with E-state index in [0.717, 1.165) is 24.8 Å². The zero-order valence-corrected chi connectivity index (χ0v) is 19.3. The molecular formula is C24H25NO4S2. The number of benzene rings is 2. The zero-order chi connectivity index (χ0) is 22.2. The summed E-state index contributed by atoms with van der Waals surface area (Å²) in [4.78, 5) is 27.2. The molecule has 1 aliphatic heterocycles. The number of hydrogen-bond acceptors (Lipinski definition) is 6. The first-order valence-corrected chi connectivity index (χ1v) is 11.5. The van der Waals surface area contributed by atoms with Gasteiger partial charge < -0.3 is 9.47 Å². The summed E-state index contributed by atoms with van der Waals surface area (Å²) < 4.78 is 11.1. The van der Waals surface area contributed by atoms with Crippen LogP contribution in [-0.4, -0.2) is 34.8 Å². The average Bonchev–Trinajstić information content (AvgIpc) is 3.05. The Kier molecular flexibility index (Phi) is 8.26. The van der Waals surface area contributed by atoms with Crippen LogP contribution in [0, 0.1) is 0 Å². The molecule has 1 saturated heterocycles. The Morgan fingerprint density at radius 3 is 2.35 bits per heavy atom. The lowest BCUT2D eigenvalue weighted by molar-refractivity contribution is -0.122. The van der Waals surface area contributed by atoms with Crippen molar-refractivity contribution >= 4 is 46.3 Å². The molecule has 5 nitrogen and oxygen atoms in total. The van der Waals surface area contributed by atoms with Crippen LogP contribution >= 0.6 is 24.0 Å². The summed E-state index contributed by atoms with van der Waals surface area (Å²) in [5.41, 5.74) is 1.28. The van der Waals surface area contributed by atoms with E-state index >= 15 is 0 Å². The third-order valence-corrected chi connectivity index (χ3v) is 6.20. The van der Waals surface area contributed by atoms with Crippen molar-refractivity contribution in [2.75, 3.05) is 13.7 Å². The summed E-state index contributed by atoms with van der Waals surface area (Å²) >= 11 is 6.71. The lowest BCUT2D eigenvalue weighted by Crippen LogP contribution is -2.28. The van der Waals surface area contributed by atoms with Crippen LogP contribution in [-0.2, 0) is 4.79 Å². The van der Waals surface area contributed by atoms with Crippen molar-refractivity contribution in [2.24, 2.45) is 0 Å². The quantitative estimate of drug-likeness (QED) is 0.159. The van der Waals surface area contributed by atoms with Gasteiger partial charge in [0, 0.05) is 6.54 Å². The van der Waals surface area contributed by atoms with Crippen LogP contribution in [0.5, 0.6) is 11.5 Å². The fraction of sp³-hybridized carbons (Fsp3) is 0.292. The predicted molar refractivity (Wildman–Crippen MR) is 128 cm³/mol. The van der Waals surface area contributed by atoms with Crippen molar-refractivity contribution in [1.29, 1.82) is 0 Å². The van der Waals surface area contributed by atoms with Gasteiger partial charge in [0.2, 0.25) is 0 Å². The molecule has 0 atom stereocenters. The Labute approximate surface area is 192 Å². The molecule has 162 valence electrons. The van der Waals surface area contributed by atoms with Gasteiger partial charge in [0.25, 0.3) is 5.91 Å². The summed E-state index contributed by atoms with van der Waals surface area (Å²) in [6, 6.07) is 13.8. The minimum absolute atomic E-state index is 0.0403. The molecular weight excluding hydrogens is 430 g/mol. The maximum Gasteiger partial charge on any atom is 0.343 e. The van der Waals surface area contributed by atoms with E-state index in [9.17, 15) is 9.59 Å². The van der Waals surface area contributed by atoms with Gasteiger partial charge in [-0.25, -0.2) is 4.79 Å². The van der Waals surface area contributed by atoms with Crippen molar-refractivity contribution in [1.82, 2.24) is 4.90 Å². The van der Waals surface area contributed by atoms with E-state index in [0.29, 0.717) is 32.8 Å². The molecule has 0 saturated carbocycles. The van der Waals surface area contributed by atoms with Crippen molar-refractivity contribution in [3.63, 3.8) is 0 Å². The van der Waals surface area contributed by atoms with Crippen molar-refractivity contribution in [2.45, 2.75) is 32.6 Å². The van der Waals surface area contributed by atoms with E-state index in [1.54, 1.807) is 48.4 Å². The Hall–Kier alpha value is -2.64. The Morgan fingerprint density at radius 1 is 1.03 bits per heavy atom. The number of methoxy groups -OCH3 is 1. The highest BCUT2D eigenvalue weighted by Crippen LogP contribution is 2.33. The third-order valence-electron chi connectivity index (χ3n) is 4.82. The first-order valence-electron chi connectivity index (χ1n) is 10.2. The second kappa shape index (κ2) is 11.1. The van der Waals surface area contributed by atoms with Gasteiger partial charge in [0.1, 0.15) is 15.8 Å². The number of carbonyl (C=O) groups excluding carboxylic acids is 2. The first-order chi connectivity index (χ1) is 15.0. The van der Waals surface area contributed by atoms with Crippen LogP contribution in [0.3, 0.4) is 0 Å². The molecule has 0 N–H and O–H groups in total. The lowest BCUT2D eigenvalue weighted by Gasteiger charge is -2.13. The number of rotatable bonds is 9. The number of thioether (sulfide) groups is 1. The third kappa shape index (κ3) is 6.18. The highest BCUT2D eigenvalue weighted by atomic mass is 32.2. The highest BCUT2D eigenvalue weighted by molar-refractivity contribution is 8.26. The minimum atomic E-state index is -0.445. The summed E-state index contributed by atoms with van der Waals surface area (Å²) in [6.45, 7) is 2.83. The van der Waals surface area contributed by atoms with Crippen LogP contribution in [0.15, 0.2) is 53.4 Å². The van der Waals surface area contributed by atoms with E-state index in [-0.39, 0.29) is 5.91 Å². The van der Waals surface area contributed by atoms with Crippen molar-refractivity contribution in [3.8, 4) is 11.5 Å². The van der Waals surface area contributed by atoms with Crippen LogP contribution in [0.1, 0.15) is 48.5 Å². The van der Waals surface area contributed by atoms with Crippen LogP contribution in [0.2, 0.25) is 0 Å². The molecule has 7 heteroatoms. The van der Waals surface area contributed by atoms with Crippen LogP contribution in [0.25, 0.3) is 6.08 Å². The Balaban J connectivity index is 1.60. The molecule has 0 spiro atoms. The molecule has 1 aliphatic rings. The molecule has 1 heterocycles. The number of unbranched alkanes of at least 4 members (excludes halogenated alkanes) is 3. The molecule has 0 aliphatic carbocycles. The summed E-state index contributed by atoms with van der Waals surface area (Å²) in [6.07, 6.45) is 6.20. The summed E-state index contributed by atoms with van der Waals surface area (Å²) in [5, 5.41) is 0. The largest absolute Gasteiger partial charge is 0.497 e. The summed E-state index contributed by atoms with van der Waals surface area (Å²) in [5.74, 6) is 0.620. The van der Waals surface area contributed by atoms with Crippen LogP contribution in [0.4, 0.5) is 0 Å². The second-order valence-corrected chi connectivity index (χ2v) is 8.76. The van der Waals surface area contributed by atoms with Gasteiger partial charge in [-0.2, -0.15) is 0 Å². The molecule has 1 amide bonds. The number of nitrogens with zero attached hydrogens (tertiary/aromatic N) is 1. The molecule has 0 bridgehead atoms. The molecule has 2 aromatic rings. The van der Waals surface area contributed by atoms with E-state index in [2.05, 4.69) is 6.92 Å². The standard InChI is InChI=1S/C24H25NO4S2/c1-3-4-5-6-15-25-22(26)21(31-24(25)30)16-17-7-11-20(12-8-17)29-23(27)18-9-13-19(28-2)14-10-18/h7-14,16H,3-6,15H2,1-2H3/b21-16+. The maximum absolute atomic E-state index is 12.7. The second-order valence-electron chi connectivity index (χ2n) is 7.08. The number of ether oxygens (including phenoxy) is 2. The molecule has 2 aromatic carbocycles. The fourth-order valence-corrected chi connectivity index (χ4v) is 4.37. The molecule has 0 aromatic heterocycles. The maximum atomic E-state index is 12.7. The van der Waals surface area contributed by atoms with Gasteiger partial charge in [-0.15, -0.1) is 0 Å². The van der Waals surface area contributed by atoms with Gasteiger partial charge in [0.05, 0.1) is 17.6 Å². The minimum Gasteiger partial charge on any atom is -0.497 e. The topological polar surface area (TPSA) is 55.8 Å². The number of hydrogen-bond donors (Lipinski definition) is 0. The van der Waals surface area contributed by atoms with Gasteiger partial charge in [-0.1, -0.05) is 62.3 Å². The predicted octanol–water partition coefficient (Wildman–Crippen LogP) is 5.70. The number of esters is 1. The molecule has 3 rings (SSSR count). The smallest absolute Gasteiger partial charge is 0.343 e.